The minimum atomic E-state index is -0.626. The topological polar surface area (TPSA) is 17.1 Å². The van der Waals surface area contributed by atoms with Crippen molar-refractivity contribution in [3.8, 4) is 11.1 Å². The van der Waals surface area contributed by atoms with Gasteiger partial charge < -0.3 is 0 Å². The maximum absolute atomic E-state index is 13.6. The number of rotatable bonds is 2. The van der Waals surface area contributed by atoms with Crippen molar-refractivity contribution in [3.05, 3.63) is 58.6 Å². The lowest BCUT2D eigenvalue weighted by molar-refractivity contribution is 0.112. The van der Waals surface area contributed by atoms with Crippen molar-refractivity contribution < 1.29 is 13.6 Å². The molecule has 0 aliphatic heterocycles. The van der Waals surface area contributed by atoms with Crippen LogP contribution in [0.4, 0.5) is 8.78 Å². The molecule has 17 heavy (non-hydrogen) atoms. The second-order valence-electron chi connectivity index (χ2n) is 3.45. The van der Waals surface area contributed by atoms with Crippen molar-refractivity contribution in [2.45, 2.75) is 0 Å². The zero-order valence-corrected chi connectivity index (χ0v) is 9.34. The second-order valence-corrected chi connectivity index (χ2v) is 3.86. The fourth-order valence-electron chi connectivity index (χ4n) is 1.56. The number of hydrogen-bond acceptors (Lipinski definition) is 1. The zero-order chi connectivity index (χ0) is 12.4. The SMILES string of the molecule is O=Cc1ccc(F)c(-c2c(F)cccc2Cl)c1. The van der Waals surface area contributed by atoms with E-state index < -0.39 is 11.6 Å². The molecule has 86 valence electrons. The van der Waals surface area contributed by atoms with Crippen LogP contribution in [0, 0.1) is 11.6 Å². The molecule has 0 saturated carbocycles. The molecule has 0 aromatic heterocycles. The van der Waals surface area contributed by atoms with Gasteiger partial charge in [0.25, 0.3) is 0 Å². The summed E-state index contributed by atoms with van der Waals surface area (Å²) in [5.41, 5.74) is 0.216. The van der Waals surface area contributed by atoms with Gasteiger partial charge in [0.15, 0.2) is 0 Å². The van der Waals surface area contributed by atoms with E-state index in [2.05, 4.69) is 0 Å². The molecule has 0 N–H and O–H groups in total. The number of carbonyl (C=O) groups excluding carboxylic acids is 1. The Hall–Kier alpha value is -1.74. The Balaban J connectivity index is 2.71. The molecule has 0 saturated heterocycles. The largest absolute Gasteiger partial charge is 0.298 e. The van der Waals surface area contributed by atoms with Gasteiger partial charge in [-0.15, -0.1) is 0 Å². The molecule has 0 bridgehead atoms. The van der Waals surface area contributed by atoms with Gasteiger partial charge in [0.05, 0.1) is 5.02 Å². The molecule has 0 aliphatic carbocycles. The Morgan fingerprint density at radius 1 is 1.06 bits per heavy atom. The van der Waals surface area contributed by atoms with Crippen LogP contribution in [0.5, 0.6) is 0 Å². The van der Waals surface area contributed by atoms with E-state index in [1.807, 2.05) is 0 Å². The minimum Gasteiger partial charge on any atom is -0.298 e. The van der Waals surface area contributed by atoms with Crippen molar-refractivity contribution in [2.24, 2.45) is 0 Å². The molecule has 0 atom stereocenters. The lowest BCUT2D eigenvalue weighted by atomic mass is 10.0. The standard InChI is InChI=1S/C13H7ClF2O/c14-10-2-1-3-12(16)13(10)9-6-8(7-17)4-5-11(9)15/h1-7H. The zero-order valence-electron chi connectivity index (χ0n) is 8.58. The van der Waals surface area contributed by atoms with Gasteiger partial charge in [0, 0.05) is 16.7 Å². The van der Waals surface area contributed by atoms with Crippen LogP contribution in [-0.4, -0.2) is 6.29 Å². The van der Waals surface area contributed by atoms with Crippen molar-refractivity contribution in [1.82, 2.24) is 0 Å². The summed E-state index contributed by atoms with van der Waals surface area (Å²) in [7, 11) is 0. The highest BCUT2D eigenvalue weighted by Gasteiger charge is 2.14. The predicted molar refractivity (Wildman–Crippen MR) is 62.2 cm³/mol. The monoisotopic (exact) mass is 252 g/mol. The summed E-state index contributed by atoms with van der Waals surface area (Å²) in [4.78, 5) is 10.6. The van der Waals surface area contributed by atoms with Crippen LogP contribution in [0.25, 0.3) is 11.1 Å². The maximum Gasteiger partial charge on any atom is 0.150 e. The fourth-order valence-corrected chi connectivity index (χ4v) is 1.83. The van der Waals surface area contributed by atoms with Crippen molar-refractivity contribution >= 4 is 17.9 Å². The first-order valence-electron chi connectivity index (χ1n) is 4.82. The quantitative estimate of drug-likeness (QED) is 0.736. The van der Waals surface area contributed by atoms with E-state index in [0.29, 0.717) is 6.29 Å². The molecule has 0 radical (unpaired) electrons. The Kier molecular flexibility index (Phi) is 3.20. The van der Waals surface area contributed by atoms with Crippen molar-refractivity contribution in [3.63, 3.8) is 0 Å². The highest BCUT2D eigenvalue weighted by Crippen LogP contribution is 2.32. The molecule has 2 rings (SSSR count). The van der Waals surface area contributed by atoms with Crippen molar-refractivity contribution in [1.29, 1.82) is 0 Å². The Labute approximate surface area is 102 Å². The molecule has 1 nitrogen and oxygen atoms in total. The van der Waals surface area contributed by atoms with Gasteiger partial charge in [0.2, 0.25) is 0 Å². The molecule has 2 aromatic carbocycles. The third-order valence-corrected chi connectivity index (χ3v) is 2.67. The maximum atomic E-state index is 13.6. The number of benzene rings is 2. The number of halogens is 3. The van der Waals surface area contributed by atoms with E-state index in [1.165, 1.54) is 30.3 Å². The van der Waals surface area contributed by atoms with Crippen LogP contribution < -0.4 is 0 Å². The van der Waals surface area contributed by atoms with Gasteiger partial charge in [-0.3, -0.25) is 4.79 Å². The average molecular weight is 253 g/mol. The molecule has 0 amide bonds. The average Bonchev–Trinajstić information content (AvgIpc) is 2.31. The number of hydrogen-bond donors (Lipinski definition) is 0. The van der Waals surface area contributed by atoms with E-state index in [1.54, 1.807) is 0 Å². The van der Waals surface area contributed by atoms with Crippen molar-refractivity contribution in [2.75, 3.05) is 0 Å². The van der Waals surface area contributed by atoms with Crippen LogP contribution in [0.2, 0.25) is 5.02 Å². The number of carbonyl (C=O) groups is 1. The van der Waals surface area contributed by atoms with Gasteiger partial charge in [0.1, 0.15) is 17.9 Å². The molecular weight excluding hydrogens is 246 g/mol. The van der Waals surface area contributed by atoms with Crippen LogP contribution in [-0.2, 0) is 0 Å². The van der Waals surface area contributed by atoms with Gasteiger partial charge in [-0.05, 0) is 30.3 Å². The molecule has 4 heteroatoms. The lowest BCUT2D eigenvalue weighted by Gasteiger charge is -2.07. The van der Waals surface area contributed by atoms with Crippen LogP contribution in [0.15, 0.2) is 36.4 Å². The third kappa shape index (κ3) is 2.19. The molecule has 0 fully saturated rings. The summed E-state index contributed by atoms with van der Waals surface area (Å²) in [6, 6.07) is 7.79. The van der Waals surface area contributed by atoms with Crippen LogP contribution >= 0.6 is 11.6 Å². The highest BCUT2D eigenvalue weighted by atomic mass is 35.5. The highest BCUT2D eigenvalue weighted by molar-refractivity contribution is 6.33. The molecule has 0 heterocycles. The summed E-state index contributed by atoms with van der Waals surface area (Å²) in [6.07, 6.45) is 0.567. The normalized spacial score (nSPS) is 10.3. The summed E-state index contributed by atoms with van der Waals surface area (Å²) in [6.45, 7) is 0. The minimum absolute atomic E-state index is 0.0160. The first kappa shape index (κ1) is 11.7. The van der Waals surface area contributed by atoms with Gasteiger partial charge >= 0.3 is 0 Å². The van der Waals surface area contributed by atoms with E-state index in [0.717, 1.165) is 6.07 Å². The summed E-state index contributed by atoms with van der Waals surface area (Å²) in [5.74, 6) is -1.25. The van der Waals surface area contributed by atoms with Gasteiger partial charge in [-0.1, -0.05) is 17.7 Å². The molecule has 2 aromatic rings. The summed E-state index contributed by atoms with van der Waals surface area (Å²) >= 11 is 5.84. The number of aldehydes is 1. The Morgan fingerprint density at radius 3 is 2.47 bits per heavy atom. The second kappa shape index (κ2) is 4.63. The van der Waals surface area contributed by atoms with Crippen LogP contribution in [0.3, 0.4) is 0 Å². The lowest BCUT2D eigenvalue weighted by Crippen LogP contribution is -1.92. The molecule has 0 unspecified atom stereocenters. The smallest absolute Gasteiger partial charge is 0.150 e. The summed E-state index contributed by atoms with van der Waals surface area (Å²) in [5, 5.41) is 0.104. The Morgan fingerprint density at radius 2 is 1.82 bits per heavy atom. The predicted octanol–water partition coefficient (Wildman–Crippen LogP) is 4.10. The van der Waals surface area contributed by atoms with Gasteiger partial charge in [-0.25, -0.2) is 8.78 Å². The third-order valence-electron chi connectivity index (χ3n) is 2.36. The molecule has 0 spiro atoms. The summed E-state index contributed by atoms with van der Waals surface area (Å²) < 4.78 is 27.2. The fraction of sp³-hybridized carbons (Fsp3) is 0. The molecule has 0 aliphatic rings. The van der Waals surface area contributed by atoms with E-state index >= 15 is 0 Å². The van der Waals surface area contributed by atoms with E-state index in [-0.39, 0.29) is 21.7 Å². The first-order valence-corrected chi connectivity index (χ1v) is 5.20. The van der Waals surface area contributed by atoms with Crippen LogP contribution in [0.1, 0.15) is 10.4 Å². The van der Waals surface area contributed by atoms with Gasteiger partial charge in [-0.2, -0.15) is 0 Å². The molecular formula is C13H7ClF2O. The Bertz CT molecular complexity index is 561. The first-order chi connectivity index (χ1) is 8.13. The van der Waals surface area contributed by atoms with E-state index in [4.69, 9.17) is 11.6 Å². The van der Waals surface area contributed by atoms with E-state index in [9.17, 15) is 13.6 Å².